The van der Waals surface area contributed by atoms with Crippen LogP contribution >= 0.6 is 11.8 Å². The van der Waals surface area contributed by atoms with Crippen molar-refractivity contribution in [3.63, 3.8) is 0 Å². The summed E-state index contributed by atoms with van der Waals surface area (Å²) < 4.78 is 12.1. The second kappa shape index (κ2) is 8.88. The van der Waals surface area contributed by atoms with E-state index in [4.69, 9.17) is 9.15 Å². The molecule has 0 aliphatic carbocycles. The van der Waals surface area contributed by atoms with Crippen molar-refractivity contribution in [3.8, 4) is 0 Å². The summed E-state index contributed by atoms with van der Waals surface area (Å²) in [6, 6.07) is 3.61. The first kappa shape index (κ1) is 20.0. The van der Waals surface area contributed by atoms with Crippen LogP contribution in [0.3, 0.4) is 0 Å². The third-order valence-corrected chi connectivity index (χ3v) is 4.11. The van der Waals surface area contributed by atoms with Gasteiger partial charge in [0.25, 0.3) is 0 Å². The lowest BCUT2D eigenvalue weighted by molar-refractivity contribution is -0.142. The first-order valence-corrected chi connectivity index (χ1v) is 9.31. The van der Waals surface area contributed by atoms with Crippen LogP contribution in [0.4, 0.5) is 0 Å². The second-order valence-electron chi connectivity index (χ2n) is 6.63. The molecule has 0 unspecified atom stereocenters. The average Bonchev–Trinajstić information content (AvgIpc) is 3.16. The molecule has 9 heteroatoms. The zero-order chi connectivity index (χ0) is 19.2. The van der Waals surface area contributed by atoms with Crippen molar-refractivity contribution in [2.45, 2.75) is 51.4 Å². The minimum absolute atomic E-state index is 0.0102. The van der Waals surface area contributed by atoms with E-state index in [0.717, 1.165) is 0 Å². The molecule has 0 fully saturated rings. The van der Waals surface area contributed by atoms with Crippen LogP contribution in [0.5, 0.6) is 0 Å². The monoisotopic (exact) mass is 380 g/mol. The predicted molar refractivity (Wildman–Crippen MR) is 96.8 cm³/mol. The quantitative estimate of drug-likeness (QED) is 0.552. The molecule has 0 radical (unpaired) electrons. The summed E-state index contributed by atoms with van der Waals surface area (Å²) in [4.78, 5) is 23.8. The third-order valence-electron chi connectivity index (χ3n) is 3.14. The van der Waals surface area contributed by atoms with Crippen molar-refractivity contribution in [1.82, 2.24) is 20.1 Å². The van der Waals surface area contributed by atoms with E-state index in [1.54, 1.807) is 23.8 Å². The number of thioether (sulfide) groups is 1. The molecule has 8 nitrogen and oxygen atoms in total. The van der Waals surface area contributed by atoms with E-state index < -0.39 is 0 Å². The number of nitrogens with one attached hydrogen (secondary N) is 1. The molecule has 1 N–H and O–H groups in total. The van der Waals surface area contributed by atoms with Gasteiger partial charge in [0, 0.05) is 5.54 Å². The number of rotatable bonds is 8. The number of hydrogen-bond acceptors (Lipinski definition) is 7. The minimum Gasteiger partial charge on any atom is -0.467 e. The van der Waals surface area contributed by atoms with E-state index >= 15 is 0 Å². The van der Waals surface area contributed by atoms with Gasteiger partial charge in [-0.3, -0.25) is 14.2 Å². The fourth-order valence-corrected chi connectivity index (χ4v) is 2.96. The van der Waals surface area contributed by atoms with E-state index in [9.17, 15) is 9.59 Å². The van der Waals surface area contributed by atoms with Crippen molar-refractivity contribution < 1.29 is 18.7 Å². The van der Waals surface area contributed by atoms with Crippen LogP contribution < -0.4 is 5.32 Å². The summed E-state index contributed by atoms with van der Waals surface area (Å²) in [6.07, 6.45) is 1.59. The maximum Gasteiger partial charge on any atom is 0.313 e. The van der Waals surface area contributed by atoms with Crippen LogP contribution in [0, 0.1) is 0 Å². The van der Waals surface area contributed by atoms with Gasteiger partial charge in [-0.05, 0) is 39.8 Å². The van der Waals surface area contributed by atoms with Crippen LogP contribution in [-0.4, -0.2) is 44.5 Å². The molecular formula is C17H24N4O4S. The number of furan rings is 1. The number of esters is 1. The summed E-state index contributed by atoms with van der Waals surface area (Å²) >= 11 is 1.26. The lowest BCUT2D eigenvalue weighted by Gasteiger charge is -2.20. The van der Waals surface area contributed by atoms with Gasteiger partial charge in [-0.2, -0.15) is 0 Å². The summed E-state index contributed by atoms with van der Waals surface area (Å²) in [7, 11) is 0. The predicted octanol–water partition coefficient (Wildman–Crippen LogP) is 2.03. The van der Waals surface area contributed by atoms with Crippen molar-refractivity contribution in [2.24, 2.45) is 0 Å². The van der Waals surface area contributed by atoms with Gasteiger partial charge in [0.15, 0.2) is 5.16 Å². The Hall–Kier alpha value is -2.29. The average molecular weight is 380 g/mol. The molecule has 2 heterocycles. The van der Waals surface area contributed by atoms with Crippen LogP contribution in [0.15, 0.2) is 28.0 Å². The molecule has 0 saturated carbocycles. The largest absolute Gasteiger partial charge is 0.467 e. The van der Waals surface area contributed by atoms with Gasteiger partial charge in [-0.25, -0.2) is 0 Å². The molecule has 142 valence electrons. The van der Waals surface area contributed by atoms with E-state index in [0.29, 0.717) is 29.9 Å². The van der Waals surface area contributed by atoms with Crippen molar-refractivity contribution in [1.29, 1.82) is 0 Å². The van der Waals surface area contributed by atoms with Crippen LogP contribution in [0.2, 0.25) is 0 Å². The molecular weight excluding hydrogens is 356 g/mol. The van der Waals surface area contributed by atoms with Crippen LogP contribution in [0.1, 0.15) is 39.3 Å². The van der Waals surface area contributed by atoms with Gasteiger partial charge in [-0.15, -0.1) is 10.2 Å². The molecule has 2 aromatic heterocycles. The summed E-state index contributed by atoms with van der Waals surface area (Å²) in [5, 5.41) is 11.7. The molecule has 2 aromatic rings. The Morgan fingerprint density at radius 1 is 1.35 bits per heavy atom. The Balaban J connectivity index is 2.12. The fourth-order valence-electron chi connectivity index (χ4n) is 2.20. The van der Waals surface area contributed by atoms with Crippen molar-refractivity contribution in [3.05, 3.63) is 30.0 Å². The molecule has 1 amide bonds. The van der Waals surface area contributed by atoms with Gasteiger partial charge < -0.3 is 14.5 Å². The lowest BCUT2D eigenvalue weighted by Crippen LogP contribution is -2.41. The van der Waals surface area contributed by atoms with Crippen LogP contribution in [-0.2, 0) is 27.3 Å². The fraction of sp³-hybridized carbons (Fsp3) is 0.529. The number of hydrogen-bond donors (Lipinski definition) is 1. The Morgan fingerprint density at radius 2 is 2.12 bits per heavy atom. The maximum atomic E-state index is 12.0. The standard InChI is InChI=1S/C17H24N4O4S/c1-5-24-15(23)9-13-19-20-16(21(13)10-12-7-6-8-25-12)26-11-14(22)18-17(2,3)4/h6-8H,5,9-11H2,1-4H3,(H,18,22). The van der Waals surface area contributed by atoms with Gasteiger partial charge >= 0.3 is 5.97 Å². The number of amides is 1. The molecule has 26 heavy (non-hydrogen) atoms. The van der Waals surface area contributed by atoms with Gasteiger partial charge in [0.2, 0.25) is 5.91 Å². The third kappa shape index (κ3) is 6.21. The molecule has 2 rings (SSSR count). The first-order valence-electron chi connectivity index (χ1n) is 8.32. The van der Waals surface area contributed by atoms with E-state index in [2.05, 4.69) is 15.5 Å². The molecule has 0 spiro atoms. The second-order valence-corrected chi connectivity index (χ2v) is 7.58. The number of nitrogens with zero attached hydrogens (tertiary/aromatic N) is 3. The van der Waals surface area contributed by atoms with E-state index in [1.165, 1.54) is 11.8 Å². The number of carbonyl (C=O) groups is 2. The zero-order valence-corrected chi connectivity index (χ0v) is 16.3. The first-order chi connectivity index (χ1) is 12.3. The van der Waals surface area contributed by atoms with E-state index in [1.807, 2.05) is 26.8 Å². The van der Waals surface area contributed by atoms with E-state index in [-0.39, 0.29) is 29.6 Å². The smallest absolute Gasteiger partial charge is 0.313 e. The highest BCUT2D eigenvalue weighted by atomic mass is 32.2. The Labute approximate surface area is 156 Å². The van der Waals surface area contributed by atoms with Crippen molar-refractivity contribution in [2.75, 3.05) is 12.4 Å². The summed E-state index contributed by atoms with van der Waals surface area (Å²) in [5.41, 5.74) is -0.297. The summed E-state index contributed by atoms with van der Waals surface area (Å²) in [5.74, 6) is 0.909. The minimum atomic E-state index is -0.373. The van der Waals surface area contributed by atoms with Gasteiger partial charge in [0.05, 0.1) is 25.2 Å². The van der Waals surface area contributed by atoms with Gasteiger partial charge in [-0.1, -0.05) is 11.8 Å². The highest BCUT2D eigenvalue weighted by Gasteiger charge is 2.19. The number of ether oxygens (including phenoxy) is 1. The van der Waals surface area contributed by atoms with Crippen LogP contribution in [0.25, 0.3) is 0 Å². The lowest BCUT2D eigenvalue weighted by atomic mass is 10.1. The Bertz CT molecular complexity index is 735. The molecule has 0 atom stereocenters. The molecule has 0 saturated heterocycles. The highest BCUT2D eigenvalue weighted by molar-refractivity contribution is 7.99. The summed E-state index contributed by atoms with van der Waals surface area (Å²) in [6.45, 7) is 8.20. The SMILES string of the molecule is CCOC(=O)Cc1nnc(SCC(=O)NC(C)(C)C)n1Cc1ccco1. The maximum absolute atomic E-state index is 12.0. The topological polar surface area (TPSA) is 99.3 Å². The molecule has 0 aliphatic rings. The van der Waals surface area contributed by atoms with Gasteiger partial charge in [0.1, 0.15) is 18.0 Å². The number of carbonyl (C=O) groups excluding carboxylic acids is 2. The Morgan fingerprint density at radius 3 is 2.73 bits per heavy atom. The molecule has 0 bridgehead atoms. The zero-order valence-electron chi connectivity index (χ0n) is 15.4. The highest BCUT2D eigenvalue weighted by Crippen LogP contribution is 2.20. The molecule has 0 aliphatic heterocycles. The van der Waals surface area contributed by atoms with Crippen molar-refractivity contribution >= 4 is 23.6 Å². The normalized spacial score (nSPS) is 11.4. The molecule has 0 aromatic carbocycles. The Kier molecular flexibility index (Phi) is 6.84. The number of aromatic nitrogens is 3.